The summed E-state index contributed by atoms with van der Waals surface area (Å²) in [7, 11) is 0. The number of nitrogens with two attached hydrogens (primary N) is 1. The zero-order valence-electron chi connectivity index (χ0n) is 5.28. The highest BCUT2D eigenvalue weighted by atomic mass is 79.9. The molecule has 0 atom stereocenters. The Hall–Kier alpha value is -0.750. The molecule has 0 saturated heterocycles. The molecule has 0 aromatic carbocycles. The maximum Gasteiger partial charge on any atom is 0.198 e. The lowest BCUT2D eigenvalue weighted by Crippen LogP contribution is -1.83. The molecule has 0 aliphatic rings. The van der Waals surface area contributed by atoms with Gasteiger partial charge >= 0.3 is 0 Å². The van der Waals surface area contributed by atoms with E-state index in [1.165, 1.54) is 11.3 Å². The zero-order chi connectivity index (χ0) is 7.84. The van der Waals surface area contributed by atoms with Crippen LogP contribution in [0.25, 0.3) is 10.3 Å². The molecule has 4 nitrogen and oxygen atoms in total. The van der Waals surface area contributed by atoms with E-state index in [1.807, 2.05) is 0 Å². The van der Waals surface area contributed by atoms with E-state index in [0.29, 0.717) is 15.5 Å². The predicted octanol–water partition coefficient (Wildman–Crippen LogP) is 1.43. The fourth-order valence-corrected chi connectivity index (χ4v) is 1.65. The lowest BCUT2D eigenvalue weighted by Gasteiger charge is -1.85. The Morgan fingerprint density at radius 1 is 1.45 bits per heavy atom. The van der Waals surface area contributed by atoms with Crippen LogP contribution in [0.5, 0.6) is 0 Å². The van der Waals surface area contributed by atoms with Gasteiger partial charge in [-0.25, -0.2) is 15.0 Å². The number of hydrogen-bond donors (Lipinski definition) is 1. The molecule has 0 unspecified atom stereocenters. The minimum absolute atomic E-state index is 0.521. The molecule has 6 heteroatoms. The summed E-state index contributed by atoms with van der Waals surface area (Å²) < 4.78 is 1.45. The first-order chi connectivity index (χ1) is 5.25. The molecular formula is C5H3BrN4S. The number of fused-ring (bicyclic) bond motifs is 1. The third-order valence-electron chi connectivity index (χ3n) is 1.14. The second-order valence-electron chi connectivity index (χ2n) is 1.88. The van der Waals surface area contributed by atoms with Crippen LogP contribution in [0.4, 0.5) is 5.13 Å². The fraction of sp³-hybridized carbons (Fsp3) is 0. The quantitative estimate of drug-likeness (QED) is 0.696. The summed E-state index contributed by atoms with van der Waals surface area (Å²) in [6, 6.07) is 0. The number of nitrogen functional groups attached to an aromatic ring is 1. The van der Waals surface area contributed by atoms with Crippen molar-refractivity contribution in [1.82, 2.24) is 15.0 Å². The number of thiazole rings is 1. The lowest BCUT2D eigenvalue weighted by molar-refractivity contribution is 1.14. The summed E-state index contributed by atoms with van der Waals surface area (Å²) in [6.07, 6.45) is 1.69. The summed E-state index contributed by atoms with van der Waals surface area (Å²) in [5, 5.41) is 0.521. The van der Waals surface area contributed by atoms with Gasteiger partial charge in [0, 0.05) is 0 Å². The Morgan fingerprint density at radius 2 is 2.27 bits per heavy atom. The maximum absolute atomic E-state index is 5.46. The van der Waals surface area contributed by atoms with Crippen molar-refractivity contribution in [3.8, 4) is 0 Å². The van der Waals surface area contributed by atoms with E-state index in [-0.39, 0.29) is 0 Å². The van der Waals surface area contributed by atoms with Crippen molar-refractivity contribution in [3.63, 3.8) is 0 Å². The number of hydrogen-bond acceptors (Lipinski definition) is 5. The van der Waals surface area contributed by atoms with Gasteiger partial charge in [-0.15, -0.1) is 0 Å². The fourth-order valence-electron chi connectivity index (χ4n) is 0.733. The first-order valence-corrected chi connectivity index (χ1v) is 4.41. The van der Waals surface area contributed by atoms with E-state index in [0.717, 1.165) is 4.70 Å². The number of halogens is 1. The Bertz CT molecular complexity index is 398. The van der Waals surface area contributed by atoms with Gasteiger partial charge in [-0.05, 0) is 15.9 Å². The van der Waals surface area contributed by atoms with Gasteiger partial charge in [0.25, 0.3) is 0 Å². The monoisotopic (exact) mass is 230 g/mol. The molecular weight excluding hydrogens is 228 g/mol. The van der Waals surface area contributed by atoms with Crippen molar-refractivity contribution >= 4 is 42.7 Å². The van der Waals surface area contributed by atoms with Gasteiger partial charge in [0.05, 0.1) is 10.9 Å². The van der Waals surface area contributed by atoms with Crippen LogP contribution in [0.2, 0.25) is 0 Å². The molecule has 2 heterocycles. The average molecular weight is 231 g/mol. The molecule has 0 aliphatic heterocycles. The molecule has 56 valence electrons. The van der Waals surface area contributed by atoms with E-state index in [4.69, 9.17) is 5.73 Å². The molecule has 0 aliphatic carbocycles. The molecule has 0 amide bonds. The van der Waals surface area contributed by atoms with Crippen LogP contribution in [-0.4, -0.2) is 15.0 Å². The van der Waals surface area contributed by atoms with Crippen LogP contribution in [0.15, 0.2) is 10.9 Å². The van der Waals surface area contributed by atoms with Crippen molar-refractivity contribution in [2.75, 3.05) is 5.73 Å². The van der Waals surface area contributed by atoms with Crippen LogP contribution in [0.3, 0.4) is 0 Å². The molecule has 0 fully saturated rings. The van der Waals surface area contributed by atoms with Crippen LogP contribution in [0.1, 0.15) is 0 Å². The first-order valence-electron chi connectivity index (χ1n) is 2.80. The van der Waals surface area contributed by atoms with Gasteiger partial charge in [-0.1, -0.05) is 11.3 Å². The first kappa shape index (κ1) is 6.93. The summed E-state index contributed by atoms with van der Waals surface area (Å²) in [5.41, 5.74) is 6.11. The van der Waals surface area contributed by atoms with Crippen LogP contribution < -0.4 is 5.73 Å². The average Bonchev–Trinajstić information content (AvgIpc) is 2.27. The highest BCUT2D eigenvalue weighted by Gasteiger charge is 2.02. The Labute approximate surface area is 74.6 Å². The lowest BCUT2D eigenvalue weighted by atomic mass is 10.6. The molecule has 2 aromatic rings. The molecule has 0 radical (unpaired) electrons. The zero-order valence-corrected chi connectivity index (χ0v) is 7.69. The van der Waals surface area contributed by atoms with Crippen LogP contribution in [-0.2, 0) is 0 Å². The molecule has 0 bridgehead atoms. The van der Waals surface area contributed by atoms with Crippen molar-refractivity contribution in [2.24, 2.45) is 0 Å². The third-order valence-corrected chi connectivity index (χ3v) is 2.33. The van der Waals surface area contributed by atoms with E-state index >= 15 is 0 Å². The summed E-state index contributed by atoms with van der Waals surface area (Å²) in [4.78, 5) is 12.0. The minimum atomic E-state index is 0.521. The Kier molecular flexibility index (Phi) is 1.50. The van der Waals surface area contributed by atoms with Gasteiger partial charge in [0.2, 0.25) is 0 Å². The predicted molar refractivity (Wildman–Crippen MR) is 47.3 cm³/mol. The van der Waals surface area contributed by atoms with Gasteiger partial charge < -0.3 is 5.73 Å². The largest absolute Gasteiger partial charge is 0.375 e. The van der Waals surface area contributed by atoms with E-state index < -0.39 is 0 Å². The summed E-state index contributed by atoms with van der Waals surface area (Å²) in [6.45, 7) is 0. The molecule has 2 rings (SSSR count). The minimum Gasteiger partial charge on any atom is -0.375 e. The molecule has 2 N–H and O–H groups in total. The van der Waals surface area contributed by atoms with Gasteiger partial charge in [-0.2, -0.15) is 0 Å². The topological polar surface area (TPSA) is 64.7 Å². The van der Waals surface area contributed by atoms with Crippen molar-refractivity contribution < 1.29 is 0 Å². The van der Waals surface area contributed by atoms with E-state index in [2.05, 4.69) is 30.9 Å². The van der Waals surface area contributed by atoms with Gasteiger partial charge in [0.15, 0.2) is 15.5 Å². The second kappa shape index (κ2) is 2.38. The number of rotatable bonds is 0. The number of nitrogens with zero attached hydrogens (tertiary/aromatic N) is 3. The van der Waals surface area contributed by atoms with Crippen LogP contribution in [0, 0.1) is 0 Å². The Morgan fingerprint density at radius 3 is 3.09 bits per heavy atom. The SMILES string of the molecule is Nc1nc2nc(Br)ncc2s1. The van der Waals surface area contributed by atoms with Gasteiger partial charge in [0.1, 0.15) is 0 Å². The maximum atomic E-state index is 5.46. The highest BCUT2D eigenvalue weighted by molar-refractivity contribution is 9.10. The third kappa shape index (κ3) is 1.19. The van der Waals surface area contributed by atoms with E-state index in [9.17, 15) is 0 Å². The molecule has 0 saturated carbocycles. The van der Waals surface area contributed by atoms with Crippen molar-refractivity contribution in [2.45, 2.75) is 0 Å². The molecule has 11 heavy (non-hydrogen) atoms. The molecule has 0 spiro atoms. The van der Waals surface area contributed by atoms with Crippen molar-refractivity contribution in [3.05, 3.63) is 10.9 Å². The summed E-state index contributed by atoms with van der Waals surface area (Å²) in [5.74, 6) is 0. The van der Waals surface area contributed by atoms with Crippen LogP contribution >= 0.6 is 27.3 Å². The smallest absolute Gasteiger partial charge is 0.198 e. The normalized spacial score (nSPS) is 10.6. The summed E-state index contributed by atoms with van der Waals surface area (Å²) >= 11 is 4.52. The van der Waals surface area contributed by atoms with Gasteiger partial charge in [-0.3, -0.25) is 0 Å². The molecule has 2 aromatic heterocycles. The number of anilines is 1. The Balaban J connectivity index is 2.82. The second-order valence-corrected chi connectivity index (χ2v) is 3.65. The number of aromatic nitrogens is 3. The highest BCUT2D eigenvalue weighted by Crippen LogP contribution is 2.21. The van der Waals surface area contributed by atoms with Crippen molar-refractivity contribution in [1.29, 1.82) is 0 Å². The standard InChI is InChI=1S/C5H3BrN4S/c6-4-8-1-2-3(9-4)10-5(7)11-2/h1H,(H2,7,8,9,10). The van der Waals surface area contributed by atoms with E-state index in [1.54, 1.807) is 6.20 Å².